The molecule has 1 rings (SSSR count). The summed E-state index contributed by atoms with van der Waals surface area (Å²) in [5.41, 5.74) is 1.82. The second-order valence-corrected chi connectivity index (χ2v) is 5.80. The van der Waals surface area contributed by atoms with Crippen molar-refractivity contribution >= 4 is 26.0 Å². The lowest BCUT2D eigenvalue weighted by Gasteiger charge is -2.12. The molecule has 0 spiro atoms. The quantitative estimate of drug-likeness (QED) is 0.869. The lowest BCUT2D eigenvalue weighted by atomic mass is 10.0. The maximum atomic E-state index is 11.3. The molecule has 0 bridgehead atoms. The first kappa shape index (κ1) is 12.7. The second-order valence-electron chi connectivity index (χ2n) is 3.71. The summed E-state index contributed by atoms with van der Waals surface area (Å²) < 4.78 is 22.6. The third-order valence-corrected chi connectivity index (χ3v) is 3.79. The molecule has 3 nitrogen and oxygen atoms in total. The molecule has 0 radical (unpaired) electrons. The van der Waals surface area contributed by atoms with E-state index >= 15 is 0 Å². The minimum absolute atomic E-state index is 0.136. The average molecular weight is 292 g/mol. The zero-order chi connectivity index (χ0) is 11.6. The summed E-state index contributed by atoms with van der Waals surface area (Å²) in [5.74, 6) is 0.136. The molecule has 0 amide bonds. The fraction of sp³-hybridized carbons (Fsp3) is 0.400. The van der Waals surface area contributed by atoms with Crippen molar-refractivity contribution in [3.63, 3.8) is 0 Å². The van der Waals surface area contributed by atoms with E-state index in [0.717, 1.165) is 11.1 Å². The van der Waals surface area contributed by atoms with Gasteiger partial charge in [0.05, 0.1) is 4.90 Å². The van der Waals surface area contributed by atoms with E-state index < -0.39 is 10.0 Å². The number of benzene rings is 1. The Morgan fingerprint density at radius 2 is 2.00 bits per heavy atom. The van der Waals surface area contributed by atoms with Crippen molar-refractivity contribution in [3.05, 3.63) is 29.3 Å². The molecule has 1 aromatic rings. The van der Waals surface area contributed by atoms with Crippen LogP contribution < -0.4 is 5.14 Å². The first-order valence-corrected chi connectivity index (χ1v) is 7.24. The van der Waals surface area contributed by atoms with E-state index in [1.807, 2.05) is 19.9 Å². The minimum atomic E-state index is -3.62. The smallest absolute Gasteiger partial charge is 0.225 e. The molecule has 0 aliphatic carbocycles. The third kappa shape index (κ3) is 3.03. The molecule has 5 heteroatoms. The predicted molar refractivity (Wildman–Crippen MR) is 64.5 cm³/mol. The van der Waals surface area contributed by atoms with Crippen LogP contribution in [0, 0.1) is 0 Å². The predicted octanol–water partition coefficient (Wildman–Crippen LogP) is 2.35. The van der Waals surface area contributed by atoms with Gasteiger partial charge in [-0.3, -0.25) is 0 Å². The van der Waals surface area contributed by atoms with Gasteiger partial charge in [-0.15, -0.1) is 0 Å². The number of sulfonamides is 1. The molecular weight excluding hydrogens is 278 g/mol. The second kappa shape index (κ2) is 4.63. The number of primary sulfonamides is 1. The summed E-state index contributed by atoms with van der Waals surface area (Å²) >= 11 is 3.34. The molecule has 0 saturated heterocycles. The van der Waals surface area contributed by atoms with Crippen molar-refractivity contribution < 1.29 is 8.42 Å². The van der Waals surface area contributed by atoms with Crippen LogP contribution in [0.15, 0.2) is 23.1 Å². The molecule has 0 heterocycles. The van der Waals surface area contributed by atoms with Crippen LogP contribution in [-0.4, -0.2) is 8.42 Å². The van der Waals surface area contributed by atoms with Gasteiger partial charge in [-0.25, -0.2) is 13.6 Å². The van der Waals surface area contributed by atoms with Gasteiger partial charge in [-0.2, -0.15) is 0 Å². The van der Waals surface area contributed by atoms with Crippen LogP contribution in [0.4, 0.5) is 0 Å². The summed E-state index contributed by atoms with van der Waals surface area (Å²) in [4.78, 5) is 0.224. The van der Waals surface area contributed by atoms with Crippen molar-refractivity contribution in [1.29, 1.82) is 0 Å². The number of nitrogens with two attached hydrogens (primary N) is 1. The highest BCUT2D eigenvalue weighted by Crippen LogP contribution is 2.24. The Kier molecular flexibility index (Phi) is 3.92. The molecule has 84 valence electrons. The molecule has 0 aliphatic rings. The van der Waals surface area contributed by atoms with Crippen LogP contribution in [0.1, 0.15) is 30.9 Å². The fourth-order valence-electron chi connectivity index (χ4n) is 1.39. The third-order valence-electron chi connectivity index (χ3n) is 2.16. The van der Waals surface area contributed by atoms with Crippen molar-refractivity contribution in [3.8, 4) is 0 Å². The topological polar surface area (TPSA) is 60.2 Å². The van der Waals surface area contributed by atoms with Gasteiger partial charge in [-0.1, -0.05) is 41.9 Å². The molecule has 2 N–H and O–H groups in total. The highest BCUT2D eigenvalue weighted by molar-refractivity contribution is 9.08. The molecule has 0 fully saturated rings. The first-order chi connectivity index (χ1) is 6.86. The van der Waals surface area contributed by atoms with E-state index in [4.69, 9.17) is 5.14 Å². The molecule has 0 aliphatic heterocycles. The molecule has 0 atom stereocenters. The average Bonchev–Trinajstić information content (AvgIpc) is 2.15. The Hall–Kier alpha value is -0.390. The minimum Gasteiger partial charge on any atom is -0.225 e. The van der Waals surface area contributed by atoms with Crippen LogP contribution >= 0.6 is 15.9 Å². The molecule has 0 unspecified atom stereocenters. The number of rotatable bonds is 3. The van der Waals surface area contributed by atoms with E-state index in [-0.39, 0.29) is 10.8 Å². The molecule has 1 aromatic carbocycles. The van der Waals surface area contributed by atoms with Gasteiger partial charge in [0.15, 0.2) is 0 Å². The van der Waals surface area contributed by atoms with Gasteiger partial charge in [0.2, 0.25) is 10.0 Å². The molecule has 0 aromatic heterocycles. The normalized spacial score (nSPS) is 12.1. The maximum absolute atomic E-state index is 11.3. The molecule has 0 saturated carbocycles. The van der Waals surface area contributed by atoms with E-state index in [0.29, 0.717) is 5.33 Å². The van der Waals surface area contributed by atoms with Gasteiger partial charge in [0, 0.05) is 5.33 Å². The number of hydrogen-bond donors (Lipinski definition) is 1. The summed E-state index contributed by atoms with van der Waals surface area (Å²) in [5, 5.41) is 5.85. The zero-order valence-electron chi connectivity index (χ0n) is 8.70. The largest absolute Gasteiger partial charge is 0.238 e. The number of alkyl halides is 1. The fourth-order valence-corrected chi connectivity index (χ4v) is 2.62. The van der Waals surface area contributed by atoms with Crippen molar-refractivity contribution in [1.82, 2.24) is 0 Å². The van der Waals surface area contributed by atoms with Crippen molar-refractivity contribution in [2.45, 2.75) is 30.0 Å². The first-order valence-electron chi connectivity index (χ1n) is 4.58. The molecule has 15 heavy (non-hydrogen) atoms. The highest BCUT2D eigenvalue weighted by Gasteiger charge is 2.16. The Morgan fingerprint density at radius 1 is 1.40 bits per heavy atom. The van der Waals surface area contributed by atoms with Gasteiger partial charge in [0.25, 0.3) is 0 Å². The molecular formula is C10H14BrNO2S. The van der Waals surface area contributed by atoms with Crippen molar-refractivity contribution in [2.24, 2.45) is 5.14 Å². The summed E-state index contributed by atoms with van der Waals surface area (Å²) in [6.07, 6.45) is 0. The Labute approximate surface area is 98.9 Å². The van der Waals surface area contributed by atoms with Crippen LogP contribution in [0.2, 0.25) is 0 Å². The van der Waals surface area contributed by atoms with E-state index in [2.05, 4.69) is 15.9 Å². The van der Waals surface area contributed by atoms with Gasteiger partial charge >= 0.3 is 0 Å². The van der Waals surface area contributed by atoms with Gasteiger partial charge in [0.1, 0.15) is 0 Å². The Balaban J connectivity index is 3.41. The van der Waals surface area contributed by atoms with Crippen molar-refractivity contribution in [2.75, 3.05) is 0 Å². The summed E-state index contributed by atoms with van der Waals surface area (Å²) in [6.45, 7) is 3.89. The van der Waals surface area contributed by atoms with Crippen LogP contribution in [0.5, 0.6) is 0 Å². The van der Waals surface area contributed by atoms with Crippen LogP contribution in [-0.2, 0) is 15.4 Å². The summed E-state index contributed by atoms with van der Waals surface area (Å²) in [7, 11) is -3.62. The van der Waals surface area contributed by atoms with E-state index in [1.54, 1.807) is 12.1 Å². The van der Waals surface area contributed by atoms with Crippen LogP contribution in [0.3, 0.4) is 0 Å². The monoisotopic (exact) mass is 291 g/mol. The standard InChI is InChI=1S/C10H14BrNO2S/c1-7(2)9-5-8(6-11)3-4-10(9)15(12,13)14/h3-5,7H,6H2,1-2H3,(H2,12,13,14). The van der Waals surface area contributed by atoms with Gasteiger partial charge in [-0.05, 0) is 23.1 Å². The van der Waals surface area contributed by atoms with Crippen LogP contribution in [0.25, 0.3) is 0 Å². The Morgan fingerprint density at radius 3 is 2.40 bits per heavy atom. The number of hydrogen-bond acceptors (Lipinski definition) is 2. The number of halogens is 1. The SMILES string of the molecule is CC(C)c1cc(CBr)ccc1S(N)(=O)=O. The van der Waals surface area contributed by atoms with E-state index in [1.165, 1.54) is 0 Å². The van der Waals surface area contributed by atoms with Gasteiger partial charge < -0.3 is 0 Å². The lowest BCUT2D eigenvalue weighted by Crippen LogP contribution is -2.15. The Bertz CT molecular complexity index is 454. The van der Waals surface area contributed by atoms with E-state index in [9.17, 15) is 8.42 Å². The maximum Gasteiger partial charge on any atom is 0.238 e. The highest BCUT2D eigenvalue weighted by atomic mass is 79.9. The summed E-state index contributed by atoms with van der Waals surface area (Å²) in [6, 6.07) is 5.21. The zero-order valence-corrected chi connectivity index (χ0v) is 11.1. The lowest BCUT2D eigenvalue weighted by molar-refractivity contribution is 0.595.